The van der Waals surface area contributed by atoms with Gasteiger partial charge in [-0.1, -0.05) is 0 Å². The van der Waals surface area contributed by atoms with Gasteiger partial charge >= 0.3 is 5.97 Å². The van der Waals surface area contributed by atoms with Crippen LogP contribution in [0, 0.1) is 0 Å². The second kappa shape index (κ2) is 18.9. The number of hydrogen-bond donors (Lipinski definition) is 0. The molecule has 12 nitrogen and oxygen atoms in total. The standard InChI is InChI=1S/C35H80O12Si7/c1-25(36)37-23-26-28(41-48(2,3)4)30(43-50(8,9)10)32(45-52(14,15)16)34(39-26)38-24-27-29(42-49(5,6)7)31(44-51(11,12)13)33(46-53(17,18)19)35(40-27)47-54(20,21)22/h26-35H,23-24H2,1-22H3/t26?,27?,28-,29+,30-,31?,32?,33-,34-,35?/m0/s1. The first-order valence-corrected chi connectivity index (χ1v) is 43.6. The third-order valence-electron chi connectivity index (χ3n) is 7.47. The third kappa shape index (κ3) is 19.1. The Morgan fingerprint density at radius 3 is 1.00 bits per heavy atom. The van der Waals surface area contributed by atoms with Crippen LogP contribution in [0.4, 0.5) is 0 Å². The SMILES string of the molecule is CC(=O)OCC1O[C@H](OCC2OC(O[Si](C)(C)C)[C@@H](O[Si](C)(C)C)C(O[Si](C)(C)C)[C@@H]2O[Si](C)(C)C)C(O[Si](C)(C)C)[C@@H](O[Si](C)(C)C)[C@H]1O[Si](C)(C)C. The van der Waals surface area contributed by atoms with Crippen LogP contribution in [0.25, 0.3) is 0 Å². The normalized spacial score (nSPS) is 31.1. The van der Waals surface area contributed by atoms with Crippen molar-refractivity contribution >= 4 is 64.2 Å². The van der Waals surface area contributed by atoms with E-state index in [9.17, 15) is 4.79 Å². The van der Waals surface area contributed by atoms with Crippen LogP contribution in [-0.2, 0) is 54.7 Å². The molecular weight excluding hydrogens is 809 g/mol. The van der Waals surface area contributed by atoms with Crippen LogP contribution < -0.4 is 0 Å². The Morgan fingerprint density at radius 2 is 0.667 bits per heavy atom. The summed E-state index contributed by atoms with van der Waals surface area (Å²) in [6.45, 7) is 46.9. The Hall–Kier alpha value is 0.588. The average Bonchev–Trinajstić information content (AvgIpc) is 2.88. The van der Waals surface area contributed by atoms with Crippen molar-refractivity contribution in [3.8, 4) is 0 Å². The molecule has 0 amide bonds. The van der Waals surface area contributed by atoms with Gasteiger partial charge in [0, 0.05) is 6.92 Å². The smallest absolute Gasteiger partial charge is 0.302 e. The zero-order chi connectivity index (χ0) is 42.0. The molecule has 0 aromatic rings. The Kier molecular flexibility index (Phi) is 17.7. The predicted octanol–water partition coefficient (Wildman–Crippen LogP) is 8.19. The van der Waals surface area contributed by atoms with Crippen molar-refractivity contribution in [2.24, 2.45) is 0 Å². The Labute approximate surface area is 336 Å². The van der Waals surface area contributed by atoms with E-state index in [1.165, 1.54) is 6.92 Å². The van der Waals surface area contributed by atoms with Crippen LogP contribution >= 0.6 is 0 Å². The lowest BCUT2D eigenvalue weighted by molar-refractivity contribution is -0.315. The van der Waals surface area contributed by atoms with Crippen molar-refractivity contribution in [2.75, 3.05) is 13.2 Å². The minimum absolute atomic E-state index is 0.00911. The molecule has 2 rings (SSSR count). The topological polar surface area (TPSA) is 119 Å². The molecule has 2 heterocycles. The summed E-state index contributed by atoms with van der Waals surface area (Å²) in [5.74, 6) is -0.398. The first kappa shape index (κ1) is 50.7. The van der Waals surface area contributed by atoms with E-state index in [1.54, 1.807) is 0 Å². The van der Waals surface area contributed by atoms with Gasteiger partial charge in [0.2, 0.25) is 0 Å². The average molecular weight is 890 g/mol. The summed E-state index contributed by atoms with van der Waals surface area (Å²) in [7, 11) is -15.2. The minimum atomic E-state index is -2.22. The van der Waals surface area contributed by atoms with Crippen molar-refractivity contribution in [3.63, 3.8) is 0 Å². The molecule has 0 aromatic heterocycles. The van der Waals surface area contributed by atoms with Gasteiger partial charge < -0.3 is 49.9 Å². The highest BCUT2D eigenvalue weighted by atomic mass is 28.4. The summed E-state index contributed by atoms with van der Waals surface area (Å²) in [5.41, 5.74) is 0. The highest BCUT2D eigenvalue weighted by Gasteiger charge is 2.55. The third-order valence-corrected chi connectivity index (χ3v) is 14.3. The zero-order valence-corrected chi connectivity index (χ0v) is 45.1. The van der Waals surface area contributed by atoms with Crippen LogP contribution in [0.15, 0.2) is 0 Å². The molecule has 0 bridgehead atoms. The van der Waals surface area contributed by atoms with Gasteiger partial charge in [0.25, 0.3) is 0 Å². The predicted molar refractivity (Wildman–Crippen MR) is 234 cm³/mol. The lowest BCUT2D eigenvalue weighted by atomic mass is 9.98. The summed E-state index contributed by atoms with van der Waals surface area (Å²) in [6.07, 6.45) is -5.94. The molecule has 5 unspecified atom stereocenters. The van der Waals surface area contributed by atoms with Gasteiger partial charge in [0.05, 0.1) is 6.61 Å². The van der Waals surface area contributed by atoms with Crippen LogP contribution in [0.1, 0.15) is 6.92 Å². The monoisotopic (exact) mass is 888 g/mol. The van der Waals surface area contributed by atoms with Crippen molar-refractivity contribution in [1.29, 1.82) is 0 Å². The second-order valence-electron chi connectivity index (χ2n) is 21.6. The Morgan fingerprint density at radius 1 is 0.389 bits per heavy atom. The molecule has 320 valence electrons. The van der Waals surface area contributed by atoms with Gasteiger partial charge in [-0.15, -0.1) is 0 Å². The van der Waals surface area contributed by atoms with Crippen LogP contribution in [0.5, 0.6) is 0 Å². The van der Waals surface area contributed by atoms with Gasteiger partial charge in [-0.2, -0.15) is 0 Å². The highest BCUT2D eigenvalue weighted by Crippen LogP contribution is 2.38. The summed E-state index contributed by atoms with van der Waals surface area (Å²) >= 11 is 0. The molecule has 2 fully saturated rings. The minimum Gasteiger partial charge on any atom is -0.463 e. The quantitative estimate of drug-likeness (QED) is 0.0920. The van der Waals surface area contributed by atoms with Crippen LogP contribution in [0.2, 0.25) is 137 Å². The lowest BCUT2D eigenvalue weighted by Gasteiger charge is -2.52. The number of esters is 1. The van der Waals surface area contributed by atoms with Gasteiger partial charge in [-0.3, -0.25) is 4.79 Å². The molecule has 54 heavy (non-hydrogen) atoms. The van der Waals surface area contributed by atoms with E-state index in [4.69, 9.17) is 49.9 Å². The summed E-state index contributed by atoms with van der Waals surface area (Å²) < 4.78 is 74.8. The molecule has 2 aliphatic heterocycles. The van der Waals surface area contributed by atoms with Crippen LogP contribution in [-0.4, -0.2) is 139 Å². The van der Waals surface area contributed by atoms with E-state index < -0.39 is 126 Å². The van der Waals surface area contributed by atoms with Crippen molar-refractivity contribution < 1.29 is 54.7 Å². The maximum absolute atomic E-state index is 12.1. The fourth-order valence-corrected chi connectivity index (χ4v) is 13.6. The second-order valence-corrected chi connectivity index (χ2v) is 52.8. The van der Waals surface area contributed by atoms with E-state index in [0.717, 1.165) is 0 Å². The van der Waals surface area contributed by atoms with Crippen LogP contribution in [0.3, 0.4) is 0 Å². The largest absolute Gasteiger partial charge is 0.463 e. The van der Waals surface area contributed by atoms with Crippen molar-refractivity contribution in [1.82, 2.24) is 0 Å². The highest BCUT2D eigenvalue weighted by molar-refractivity contribution is 6.72. The number of carbonyl (C=O) groups is 1. The van der Waals surface area contributed by atoms with E-state index in [-0.39, 0.29) is 13.2 Å². The summed E-state index contributed by atoms with van der Waals surface area (Å²) in [5, 5.41) is 0. The van der Waals surface area contributed by atoms with Crippen molar-refractivity contribution in [2.45, 2.75) is 206 Å². The number of hydrogen-bond acceptors (Lipinski definition) is 12. The molecule has 2 aliphatic rings. The lowest BCUT2D eigenvalue weighted by Crippen LogP contribution is -2.68. The summed E-state index contributed by atoms with van der Waals surface area (Å²) in [4.78, 5) is 12.1. The summed E-state index contributed by atoms with van der Waals surface area (Å²) in [6, 6.07) is 0. The Bertz CT molecular complexity index is 1180. The first-order chi connectivity index (χ1) is 23.9. The maximum atomic E-state index is 12.1. The maximum Gasteiger partial charge on any atom is 0.302 e. The van der Waals surface area contributed by atoms with Gasteiger partial charge in [0.1, 0.15) is 55.4 Å². The fraction of sp³-hybridized carbons (Fsp3) is 0.971. The molecule has 0 N–H and O–H groups in total. The molecule has 19 heteroatoms. The van der Waals surface area contributed by atoms with Gasteiger partial charge in [-0.05, 0) is 137 Å². The first-order valence-electron chi connectivity index (χ1n) is 19.7. The number of ether oxygens (including phenoxy) is 4. The fourth-order valence-electron chi connectivity index (χ4n) is 6.24. The molecular formula is C35H80O12Si7. The Balaban J connectivity index is 2.74. The number of carbonyl (C=O) groups excluding carboxylic acids is 1. The molecule has 0 saturated carbocycles. The molecule has 2 saturated heterocycles. The molecule has 0 aliphatic carbocycles. The van der Waals surface area contributed by atoms with Crippen molar-refractivity contribution in [3.05, 3.63) is 0 Å². The van der Waals surface area contributed by atoms with E-state index in [2.05, 4.69) is 137 Å². The molecule has 0 radical (unpaired) electrons. The zero-order valence-electron chi connectivity index (χ0n) is 38.1. The van der Waals surface area contributed by atoms with Gasteiger partial charge in [0.15, 0.2) is 70.8 Å². The molecule has 0 spiro atoms. The van der Waals surface area contributed by atoms with E-state index in [0.29, 0.717) is 0 Å². The number of rotatable bonds is 19. The van der Waals surface area contributed by atoms with Gasteiger partial charge in [-0.25, -0.2) is 0 Å². The molecule has 0 aromatic carbocycles. The van der Waals surface area contributed by atoms with E-state index >= 15 is 0 Å². The molecule has 10 atom stereocenters. The van der Waals surface area contributed by atoms with E-state index in [1.807, 2.05) is 0 Å².